The van der Waals surface area contributed by atoms with E-state index in [4.69, 9.17) is 5.73 Å². The minimum Gasteiger partial charge on any atom is -0.327 e. The van der Waals surface area contributed by atoms with Crippen molar-refractivity contribution in [2.45, 2.75) is 31.7 Å². The smallest absolute Gasteiger partial charge is 0.227 e. The molecule has 0 aliphatic heterocycles. The van der Waals surface area contributed by atoms with Gasteiger partial charge in [0.05, 0.1) is 11.9 Å². The number of rotatable bonds is 3. The molecule has 1 heterocycles. The van der Waals surface area contributed by atoms with Gasteiger partial charge in [-0.1, -0.05) is 6.42 Å². The fourth-order valence-corrected chi connectivity index (χ4v) is 2.41. The van der Waals surface area contributed by atoms with Gasteiger partial charge in [-0.3, -0.25) is 9.48 Å². The summed E-state index contributed by atoms with van der Waals surface area (Å²) in [5.41, 5.74) is 6.82. The molecule has 5 heteroatoms. The second-order valence-electron chi connectivity index (χ2n) is 4.88. The highest BCUT2D eigenvalue weighted by atomic mass is 16.2. The van der Waals surface area contributed by atoms with Gasteiger partial charge in [0, 0.05) is 32.8 Å². The lowest BCUT2D eigenvalue weighted by atomic mass is 9.99. The van der Waals surface area contributed by atoms with Crippen molar-refractivity contribution in [2.24, 2.45) is 18.7 Å². The first-order valence-electron chi connectivity index (χ1n) is 6.08. The maximum Gasteiger partial charge on any atom is 0.227 e. The predicted molar refractivity (Wildman–Crippen MR) is 66.6 cm³/mol. The Morgan fingerprint density at radius 3 is 2.94 bits per heavy atom. The van der Waals surface area contributed by atoms with Gasteiger partial charge in [0.2, 0.25) is 5.91 Å². The molecule has 2 atom stereocenters. The number of nitrogens with zero attached hydrogens (tertiary/aromatic N) is 3. The normalized spacial score (nSPS) is 23.9. The third kappa shape index (κ3) is 2.66. The van der Waals surface area contributed by atoms with Crippen LogP contribution in [0, 0.1) is 5.92 Å². The van der Waals surface area contributed by atoms with Gasteiger partial charge in [-0.15, -0.1) is 0 Å². The van der Waals surface area contributed by atoms with Gasteiger partial charge in [-0.05, 0) is 18.8 Å². The van der Waals surface area contributed by atoms with E-state index in [1.807, 2.05) is 13.2 Å². The van der Waals surface area contributed by atoms with Crippen LogP contribution in [0.4, 0.5) is 5.69 Å². The Morgan fingerprint density at radius 1 is 1.65 bits per heavy atom. The SMILES string of the molecule is CN(C(=O)C[C@@H]1CCC[C@H]1N)c1cnn(C)c1. The number of aryl methyl sites for hydroxylation is 1. The molecular formula is C12H20N4O. The molecule has 1 aromatic rings. The van der Waals surface area contributed by atoms with Gasteiger partial charge in [-0.25, -0.2) is 0 Å². The van der Waals surface area contributed by atoms with Gasteiger partial charge in [0.25, 0.3) is 0 Å². The second-order valence-corrected chi connectivity index (χ2v) is 4.88. The molecule has 1 fully saturated rings. The van der Waals surface area contributed by atoms with Crippen LogP contribution in [0.15, 0.2) is 12.4 Å². The van der Waals surface area contributed by atoms with E-state index in [0.29, 0.717) is 12.3 Å². The third-order valence-corrected chi connectivity index (χ3v) is 3.61. The maximum absolute atomic E-state index is 12.1. The van der Waals surface area contributed by atoms with Gasteiger partial charge in [-0.2, -0.15) is 5.10 Å². The van der Waals surface area contributed by atoms with Crippen LogP contribution in [0.5, 0.6) is 0 Å². The number of hydrogen-bond acceptors (Lipinski definition) is 3. The lowest BCUT2D eigenvalue weighted by Gasteiger charge is -2.19. The lowest BCUT2D eigenvalue weighted by Crippen LogP contribution is -2.32. The quantitative estimate of drug-likeness (QED) is 0.848. The molecule has 0 unspecified atom stereocenters. The molecule has 0 radical (unpaired) electrons. The summed E-state index contributed by atoms with van der Waals surface area (Å²) in [6.07, 6.45) is 7.36. The fraction of sp³-hybridized carbons (Fsp3) is 0.667. The zero-order valence-corrected chi connectivity index (χ0v) is 10.5. The van der Waals surface area contributed by atoms with Crippen LogP contribution in [0.3, 0.4) is 0 Å². The number of carbonyl (C=O) groups is 1. The Labute approximate surface area is 102 Å². The maximum atomic E-state index is 12.1. The highest BCUT2D eigenvalue weighted by Gasteiger charge is 2.27. The molecular weight excluding hydrogens is 216 g/mol. The molecule has 1 saturated carbocycles. The summed E-state index contributed by atoms with van der Waals surface area (Å²) in [4.78, 5) is 13.8. The highest BCUT2D eigenvalue weighted by Crippen LogP contribution is 2.27. The van der Waals surface area contributed by atoms with Crippen LogP contribution in [0.25, 0.3) is 0 Å². The summed E-state index contributed by atoms with van der Waals surface area (Å²) in [5, 5.41) is 4.06. The van der Waals surface area contributed by atoms with Crippen LogP contribution in [-0.4, -0.2) is 28.8 Å². The largest absolute Gasteiger partial charge is 0.327 e. The van der Waals surface area contributed by atoms with Gasteiger partial charge >= 0.3 is 0 Å². The summed E-state index contributed by atoms with van der Waals surface area (Å²) in [5.74, 6) is 0.474. The van der Waals surface area contributed by atoms with Crippen LogP contribution >= 0.6 is 0 Å². The summed E-state index contributed by atoms with van der Waals surface area (Å²) < 4.78 is 1.69. The van der Waals surface area contributed by atoms with Crippen molar-refractivity contribution in [3.63, 3.8) is 0 Å². The molecule has 1 aromatic heterocycles. The number of carbonyl (C=O) groups excluding carboxylic acids is 1. The molecule has 2 rings (SSSR count). The Kier molecular flexibility index (Phi) is 3.47. The first-order valence-corrected chi connectivity index (χ1v) is 6.08. The number of hydrogen-bond donors (Lipinski definition) is 1. The minimum atomic E-state index is 0.125. The summed E-state index contributed by atoms with van der Waals surface area (Å²) >= 11 is 0. The van der Waals surface area contributed by atoms with E-state index < -0.39 is 0 Å². The van der Waals surface area contributed by atoms with Crippen LogP contribution in [0.1, 0.15) is 25.7 Å². The molecule has 1 aliphatic rings. The topological polar surface area (TPSA) is 64.2 Å². The first kappa shape index (κ1) is 12.1. The average Bonchev–Trinajstić information content (AvgIpc) is 2.88. The number of amides is 1. The highest BCUT2D eigenvalue weighted by molar-refractivity contribution is 5.92. The first-order chi connectivity index (χ1) is 8.08. The molecule has 0 bridgehead atoms. The third-order valence-electron chi connectivity index (χ3n) is 3.61. The number of aromatic nitrogens is 2. The average molecular weight is 236 g/mol. The van der Waals surface area contributed by atoms with Crippen molar-refractivity contribution in [3.05, 3.63) is 12.4 Å². The fourth-order valence-electron chi connectivity index (χ4n) is 2.41. The van der Waals surface area contributed by atoms with E-state index in [1.165, 1.54) is 0 Å². The van der Waals surface area contributed by atoms with Gasteiger partial charge < -0.3 is 10.6 Å². The van der Waals surface area contributed by atoms with Crippen molar-refractivity contribution in [3.8, 4) is 0 Å². The van der Waals surface area contributed by atoms with Crippen LogP contribution in [-0.2, 0) is 11.8 Å². The second kappa shape index (κ2) is 4.87. The lowest BCUT2D eigenvalue weighted by molar-refractivity contribution is -0.119. The monoisotopic (exact) mass is 236 g/mol. The predicted octanol–water partition coefficient (Wildman–Crippen LogP) is 0.900. The summed E-state index contributed by atoms with van der Waals surface area (Å²) in [6.45, 7) is 0. The zero-order chi connectivity index (χ0) is 12.4. The number of anilines is 1. The molecule has 17 heavy (non-hydrogen) atoms. The van der Waals surface area contributed by atoms with Crippen molar-refractivity contribution < 1.29 is 4.79 Å². The molecule has 1 amide bonds. The molecule has 0 aromatic carbocycles. The Hall–Kier alpha value is -1.36. The Morgan fingerprint density at radius 2 is 2.41 bits per heavy atom. The van der Waals surface area contributed by atoms with Gasteiger partial charge in [0.1, 0.15) is 0 Å². The van der Waals surface area contributed by atoms with Crippen LogP contribution < -0.4 is 10.6 Å². The zero-order valence-electron chi connectivity index (χ0n) is 10.5. The van der Waals surface area contributed by atoms with E-state index in [-0.39, 0.29) is 11.9 Å². The minimum absolute atomic E-state index is 0.125. The van der Waals surface area contributed by atoms with E-state index in [9.17, 15) is 4.79 Å². The van der Waals surface area contributed by atoms with Gasteiger partial charge in [0.15, 0.2) is 0 Å². The van der Waals surface area contributed by atoms with Crippen molar-refractivity contribution >= 4 is 11.6 Å². The van der Waals surface area contributed by atoms with E-state index in [0.717, 1.165) is 24.9 Å². The Balaban J connectivity index is 1.95. The van der Waals surface area contributed by atoms with Crippen molar-refractivity contribution in [1.82, 2.24) is 9.78 Å². The van der Waals surface area contributed by atoms with Crippen molar-refractivity contribution in [2.75, 3.05) is 11.9 Å². The van der Waals surface area contributed by atoms with E-state index >= 15 is 0 Å². The number of nitrogens with two attached hydrogens (primary N) is 1. The summed E-state index contributed by atoms with van der Waals surface area (Å²) in [7, 11) is 3.63. The van der Waals surface area contributed by atoms with E-state index in [2.05, 4.69) is 5.10 Å². The molecule has 0 spiro atoms. The van der Waals surface area contributed by atoms with E-state index in [1.54, 1.807) is 22.8 Å². The molecule has 2 N–H and O–H groups in total. The van der Waals surface area contributed by atoms with Crippen LogP contribution in [0.2, 0.25) is 0 Å². The molecule has 1 aliphatic carbocycles. The standard InChI is InChI=1S/C12H20N4O/c1-15-8-10(7-14-15)16(2)12(17)6-9-4-3-5-11(9)13/h7-9,11H,3-6,13H2,1-2H3/t9-,11+/m0/s1. The molecule has 5 nitrogen and oxygen atoms in total. The Bertz CT molecular complexity index is 401. The molecule has 94 valence electrons. The summed E-state index contributed by atoms with van der Waals surface area (Å²) in [6, 6.07) is 0.196. The van der Waals surface area contributed by atoms with Crippen molar-refractivity contribution in [1.29, 1.82) is 0 Å². The molecule has 0 saturated heterocycles.